The Kier molecular flexibility index (Phi) is 14.8. The van der Waals surface area contributed by atoms with Crippen LogP contribution in [-0.2, 0) is 9.53 Å². The van der Waals surface area contributed by atoms with Crippen LogP contribution < -0.4 is 5.32 Å². The first kappa shape index (κ1) is 28.8. The second kappa shape index (κ2) is 16.4. The van der Waals surface area contributed by atoms with Crippen LogP contribution in [0.25, 0.3) is 0 Å². The summed E-state index contributed by atoms with van der Waals surface area (Å²) in [4.78, 5) is 30.4. The molecule has 0 aromatic heterocycles. The summed E-state index contributed by atoms with van der Waals surface area (Å²) in [6, 6.07) is 8.66. The van der Waals surface area contributed by atoms with Gasteiger partial charge in [0.1, 0.15) is 6.29 Å². The summed E-state index contributed by atoms with van der Waals surface area (Å²) in [6.45, 7) is 13.2. The smallest absolute Gasteiger partial charge is 0.323 e. The van der Waals surface area contributed by atoms with Crippen LogP contribution in [0.15, 0.2) is 83.1 Å². The van der Waals surface area contributed by atoms with Crippen LogP contribution in [0.3, 0.4) is 0 Å². The Morgan fingerprint density at radius 1 is 1.25 bits per heavy atom. The number of hydrogen-bond donors (Lipinski definition) is 1. The molecule has 0 aliphatic carbocycles. The van der Waals surface area contributed by atoms with Crippen molar-refractivity contribution >= 4 is 18.7 Å². The monoisotopic (exact) mass is 439 g/mol. The van der Waals surface area contributed by atoms with Gasteiger partial charge >= 0.3 is 6.03 Å². The lowest BCUT2D eigenvalue weighted by Gasteiger charge is -2.33. The quantitative estimate of drug-likeness (QED) is 0.462. The predicted octanol–water partition coefficient (Wildman–Crippen LogP) is 5.62. The number of aldehydes is 1. The minimum atomic E-state index is -0.538. The second-order valence-electron chi connectivity index (χ2n) is 6.59. The molecule has 0 saturated heterocycles. The van der Waals surface area contributed by atoms with E-state index < -0.39 is 6.04 Å². The summed E-state index contributed by atoms with van der Waals surface area (Å²) in [5.41, 5.74) is 2.87. The maximum Gasteiger partial charge on any atom is 0.323 e. The Bertz CT molecular complexity index is 839. The van der Waals surface area contributed by atoms with Gasteiger partial charge in [0.05, 0.1) is 18.4 Å². The van der Waals surface area contributed by atoms with Gasteiger partial charge in [0, 0.05) is 25.5 Å². The molecule has 1 unspecified atom stereocenters. The highest BCUT2D eigenvalue weighted by atomic mass is 16.4. The van der Waals surface area contributed by atoms with Crippen molar-refractivity contribution in [2.75, 3.05) is 14.2 Å². The van der Waals surface area contributed by atoms with E-state index >= 15 is 0 Å². The van der Waals surface area contributed by atoms with Crippen molar-refractivity contribution in [1.82, 2.24) is 10.2 Å². The van der Waals surface area contributed by atoms with Gasteiger partial charge in [-0.05, 0) is 31.9 Å². The maximum atomic E-state index is 13.0. The van der Waals surface area contributed by atoms with Gasteiger partial charge in [0.25, 0.3) is 0 Å². The number of rotatable bonds is 6. The first-order valence-electron chi connectivity index (χ1n) is 10.6. The number of aliphatic imine (C=N–C) groups is 1. The molecule has 6 nitrogen and oxygen atoms in total. The molecule has 0 bridgehead atoms. The van der Waals surface area contributed by atoms with Crippen LogP contribution in [0.1, 0.15) is 46.2 Å². The Morgan fingerprint density at radius 3 is 2.34 bits per heavy atom. The second-order valence-corrected chi connectivity index (χ2v) is 6.59. The molecule has 6 heteroatoms. The third-order valence-corrected chi connectivity index (χ3v) is 4.44. The minimum absolute atomic E-state index is 0.183. The van der Waals surface area contributed by atoms with E-state index in [4.69, 9.17) is 0 Å². The van der Waals surface area contributed by atoms with Crippen LogP contribution in [0.2, 0.25) is 0 Å². The molecular formula is C26H37N3O3. The first-order valence-corrected chi connectivity index (χ1v) is 10.6. The zero-order chi connectivity index (χ0) is 24.5. The maximum absolute atomic E-state index is 13.0. The zero-order valence-electron chi connectivity index (χ0n) is 20.3. The van der Waals surface area contributed by atoms with Gasteiger partial charge in [-0.1, -0.05) is 75.1 Å². The average Bonchev–Trinajstić information content (AvgIpc) is 2.82. The Morgan fingerprint density at radius 2 is 1.84 bits per heavy atom. The van der Waals surface area contributed by atoms with E-state index in [0.29, 0.717) is 11.3 Å². The molecular weight excluding hydrogens is 402 g/mol. The summed E-state index contributed by atoms with van der Waals surface area (Å²) in [5.74, 6) is 0. The van der Waals surface area contributed by atoms with Gasteiger partial charge in [-0.2, -0.15) is 0 Å². The summed E-state index contributed by atoms with van der Waals surface area (Å²) in [7, 11) is 3.25. The molecule has 0 fully saturated rings. The van der Waals surface area contributed by atoms with Crippen molar-refractivity contribution in [3.8, 4) is 0 Å². The van der Waals surface area contributed by atoms with Crippen molar-refractivity contribution < 1.29 is 14.3 Å². The Labute approximate surface area is 193 Å². The molecule has 2 rings (SSSR count). The molecule has 2 atom stereocenters. The summed E-state index contributed by atoms with van der Waals surface area (Å²) in [5, 5.41) is 2.98. The van der Waals surface area contributed by atoms with Crippen LogP contribution >= 0.6 is 0 Å². The van der Waals surface area contributed by atoms with Crippen molar-refractivity contribution in [2.24, 2.45) is 4.99 Å². The molecule has 2 amide bonds. The number of nitrogens with one attached hydrogen (secondary N) is 1. The lowest BCUT2D eigenvalue weighted by Crippen LogP contribution is -2.49. The number of carbonyl (C=O) groups is 2. The largest absolute Gasteiger partial charge is 0.388 e. The number of allylic oxidation sites excluding steroid dienone is 4. The number of ether oxygens (including phenoxy) is 1. The highest BCUT2D eigenvalue weighted by Crippen LogP contribution is 2.26. The number of benzene rings is 1. The molecule has 1 aromatic rings. The number of hydrogen-bond acceptors (Lipinski definition) is 4. The number of nitrogens with zero attached hydrogens (tertiary/aromatic N) is 2. The summed E-state index contributed by atoms with van der Waals surface area (Å²) < 4.78 is 4.25. The van der Waals surface area contributed by atoms with Gasteiger partial charge in [0.15, 0.2) is 0 Å². The summed E-state index contributed by atoms with van der Waals surface area (Å²) in [6.07, 6.45) is 9.39. The fourth-order valence-electron chi connectivity index (χ4n) is 2.91. The zero-order valence-corrected chi connectivity index (χ0v) is 20.3. The lowest BCUT2D eigenvalue weighted by molar-refractivity contribution is -0.105. The Hall–Kier alpha value is -3.25. The van der Waals surface area contributed by atoms with Crippen molar-refractivity contribution in [2.45, 2.75) is 46.7 Å². The normalized spacial score (nSPS) is 16.4. The van der Waals surface area contributed by atoms with Crippen LogP contribution in [0, 0.1) is 0 Å². The van der Waals surface area contributed by atoms with Gasteiger partial charge in [-0.15, -0.1) is 0 Å². The fourth-order valence-corrected chi connectivity index (χ4v) is 2.91. The fraction of sp³-hybridized carbons (Fsp3) is 0.346. The molecule has 1 aliphatic rings. The molecule has 32 heavy (non-hydrogen) atoms. The molecule has 1 aromatic carbocycles. The van der Waals surface area contributed by atoms with Gasteiger partial charge in [-0.3, -0.25) is 9.69 Å². The molecule has 0 radical (unpaired) electrons. The highest BCUT2D eigenvalue weighted by molar-refractivity contribution is 5.93. The van der Waals surface area contributed by atoms with E-state index in [9.17, 15) is 9.59 Å². The first-order chi connectivity index (χ1) is 15.4. The van der Waals surface area contributed by atoms with Crippen LogP contribution in [0.4, 0.5) is 4.79 Å². The highest BCUT2D eigenvalue weighted by Gasteiger charge is 2.32. The molecule has 1 aliphatic heterocycles. The predicted molar refractivity (Wildman–Crippen MR) is 134 cm³/mol. The van der Waals surface area contributed by atoms with Gasteiger partial charge < -0.3 is 10.1 Å². The number of amides is 2. The Balaban J connectivity index is 0.00000177. The third-order valence-electron chi connectivity index (χ3n) is 4.44. The minimum Gasteiger partial charge on any atom is -0.388 e. The molecule has 0 saturated carbocycles. The SMILES string of the molecule is C=C/C=C\C(=C/C)C1C(C=O)=C(C)N=CN1C(=O)N[C@@H](C)c1ccccc1.CC.COC. The van der Waals surface area contributed by atoms with Crippen LogP contribution in [0.5, 0.6) is 0 Å². The number of urea groups is 1. The van der Waals surface area contributed by atoms with Crippen molar-refractivity contribution in [3.63, 3.8) is 0 Å². The molecule has 174 valence electrons. The summed E-state index contributed by atoms with van der Waals surface area (Å²) >= 11 is 0. The van der Waals surface area contributed by atoms with E-state index in [1.54, 1.807) is 33.3 Å². The van der Waals surface area contributed by atoms with Crippen molar-refractivity contribution in [3.05, 3.63) is 83.6 Å². The topological polar surface area (TPSA) is 71.0 Å². The average molecular weight is 440 g/mol. The van der Waals surface area contributed by atoms with Crippen LogP contribution in [-0.4, -0.2) is 43.8 Å². The van der Waals surface area contributed by atoms with Gasteiger partial charge in [-0.25, -0.2) is 9.79 Å². The number of carbonyl (C=O) groups excluding carboxylic acids is 2. The third kappa shape index (κ3) is 8.47. The van der Waals surface area contributed by atoms with E-state index in [1.807, 2.05) is 70.2 Å². The number of methoxy groups -OCH3 is 1. The molecule has 0 spiro atoms. The van der Waals surface area contributed by atoms with E-state index in [0.717, 1.165) is 17.4 Å². The standard InChI is InChI=1S/C22H25N3O2.C2H6O.C2H6/c1-5-7-11-18(6-2)21-20(14-26)17(4)23-15-25(21)22(27)24-16(3)19-12-9-8-10-13-19;1-3-2;1-2/h5-16,21H,1H2,2-4H3,(H,24,27);1-2H3;1-2H3/b11-7-,18-6+;;/t16-,21?;;/m0../s1. The van der Waals surface area contributed by atoms with E-state index in [1.165, 1.54) is 11.2 Å². The molecule has 1 N–H and O–H groups in total. The van der Waals surface area contributed by atoms with Crippen molar-refractivity contribution in [1.29, 1.82) is 0 Å². The van der Waals surface area contributed by atoms with E-state index in [-0.39, 0.29) is 12.1 Å². The van der Waals surface area contributed by atoms with Gasteiger partial charge in [0.2, 0.25) is 0 Å². The lowest BCUT2D eigenvalue weighted by atomic mass is 9.95. The molecule has 1 heterocycles. The van der Waals surface area contributed by atoms with E-state index in [2.05, 4.69) is 21.6 Å².